The normalized spacial score (nSPS) is 35.3. The molecule has 474 valence electrons. The Balaban J connectivity index is 1.13. The van der Waals surface area contributed by atoms with Crippen molar-refractivity contribution in [2.45, 2.75) is 256 Å². The van der Waals surface area contributed by atoms with Gasteiger partial charge in [0.05, 0.1) is 61.0 Å². The van der Waals surface area contributed by atoms with Gasteiger partial charge < -0.3 is 63.8 Å². The van der Waals surface area contributed by atoms with Crippen molar-refractivity contribution < 1.29 is 63.5 Å². The van der Waals surface area contributed by atoms with Crippen LogP contribution in [0.4, 0.5) is 0 Å². The minimum Gasteiger partial charge on any atom is -0.459 e. The van der Waals surface area contributed by atoms with Gasteiger partial charge in [-0.15, -0.1) is 0 Å². The highest BCUT2D eigenvalue weighted by atomic mass is 35.7. The van der Waals surface area contributed by atoms with Gasteiger partial charge in [0.25, 0.3) is 0 Å². The van der Waals surface area contributed by atoms with Crippen molar-refractivity contribution in [2.24, 2.45) is 24.8 Å². The molecule has 1 unspecified atom stereocenters. The molecule has 19 heteroatoms. The van der Waals surface area contributed by atoms with Gasteiger partial charge in [0.2, 0.25) is 5.91 Å². The van der Waals surface area contributed by atoms with Gasteiger partial charge in [0.1, 0.15) is 30.0 Å². The van der Waals surface area contributed by atoms with E-state index in [2.05, 4.69) is 35.4 Å². The zero-order valence-corrected chi connectivity index (χ0v) is 54.5. The third-order valence-corrected chi connectivity index (χ3v) is 21.1. The number of aliphatic hydroxyl groups is 5. The van der Waals surface area contributed by atoms with Crippen molar-refractivity contribution >= 4 is 41.0 Å². The number of aliphatic hydroxyl groups excluding tert-OH is 3. The third-order valence-electron chi connectivity index (χ3n) is 18.4. The van der Waals surface area contributed by atoms with Crippen molar-refractivity contribution in [3.05, 3.63) is 66.5 Å². The molecule has 2 aromatic carbocycles. The van der Waals surface area contributed by atoms with Gasteiger partial charge in [-0.1, -0.05) is 125 Å². The van der Waals surface area contributed by atoms with Crippen LogP contribution in [0, 0.1) is 17.8 Å². The summed E-state index contributed by atoms with van der Waals surface area (Å²) in [5, 5.41) is 67.2. The minimum atomic E-state index is -2.01. The van der Waals surface area contributed by atoms with Crippen LogP contribution in [0.15, 0.2) is 60.9 Å². The van der Waals surface area contributed by atoms with E-state index in [1.165, 1.54) is 24.9 Å². The van der Waals surface area contributed by atoms with Crippen LogP contribution in [0.1, 0.15) is 165 Å². The number of ether oxygens (including phenoxy) is 6. The first-order valence-corrected chi connectivity index (χ1v) is 33.3. The number of rotatable bonds is 22. The Morgan fingerprint density at radius 2 is 1.50 bits per heavy atom. The van der Waals surface area contributed by atoms with E-state index in [-0.39, 0.29) is 50.3 Å². The maximum absolute atomic E-state index is 14.7. The Hall–Kier alpha value is -3.13. The molecule has 3 aromatic rings. The minimum absolute atomic E-state index is 0.0672. The van der Waals surface area contributed by atoms with Crippen LogP contribution in [0.2, 0.25) is 0 Å². The fourth-order valence-corrected chi connectivity index (χ4v) is 15.4. The fraction of sp³-hybridized carbons (Fsp3) is 0.738. The van der Waals surface area contributed by atoms with E-state index in [1.54, 1.807) is 53.4 Å². The maximum atomic E-state index is 14.7. The number of aromatic nitrogens is 2. The number of cyclic esters (lactones) is 1. The zero-order chi connectivity index (χ0) is 61.8. The van der Waals surface area contributed by atoms with Gasteiger partial charge in [-0.3, -0.25) is 14.3 Å². The molecule has 5 N–H and O–H groups in total. The number of carbonyl (C=O) groups is 2. The molecule has 0 aliphatic carbocycles. The smallest absolute Gasteiger partial charge is 0.311 e. The van der Waals surface area contributed by atoms with Crippen molar-refractivity contribution in [3.8, 4) is 11.1 Å². The molecule has 1 aromatic heterocycles. The number of unbranched alkanes of at least 4 members (excludes halogenated alkanes) is 8. The summed E-state index contributed by atoms with van der Waals surface area (Å²) in [6.45, 7) is 17.4. The number of esters is 1. The molecule has 0 saturated carbocycles. The molecular formula is C65H104ClN4O13P. The molecule has 0 bridgehead atoms. The molecule has 1 amide bonds. The summed E-state index contributed by atoms with van der Waals surface area (Å²) in [5.41, 5.74) is -1.28. The lowest BCUT2D eigenvalue weighted by molar-refractivity contribution is -0.318. The predicted molar refractivity (Wildman–Crippen MR) is 330 cm³/mol. The number of aryl methyl sites for hydroxylation is 2. The first-order valence-electron chi connectivity index (χ1n) is 31.1. The van der Waals surface area contributed by atoms with E-state index in [1.807, 2.05) is 75.2 Å². The first-order chi connectivity index (χ1) is 39.6. The van der Waals surface area contributed by atoms with Gasteiger partial charge >= 0.3 is 5.97 Å². The Morgan fingerprint density at radius 1 is 0.857 bits per heavy atom. The third kappa shape index (κ3) is 17.8. The average Bonchev–Trinajstić information content (AvgIpc) is 2.55. The fourth-order valence-electron chi connectivity index (χ4n) is 13.2. The number of carbonyl (C=O) groups excluding carboxylic acids is 2. The SMILES string of the molecule is CC[C@H]1OC(=O)[C@H](C)[C@@H](O[C@H]2C[C@@](C)(OC)[C@@H](O)[C@H](C)O2)[C@H](C)[C@@H](O[C@@H]2O[C@H](C)C[C@H](N(C)C)[C@H]2O)[C@](C)(O)C[C@@H](C)CN(C(=O)CCCCCCCCCCCc2cc(-c3cnn(C)c3)ccc2P(Cl)c2ccccc2)[C@H](C)[C@@H](O)[C@]1(C)O. The van der Waals surface area contributed by atoms with Gasteiger partial charge in [-0.25, -0.2) is 0 Å². The summed E-state index contributed by atoms with van der Waals surface area (Å²) in [4.78, 5) is 32.8. The molecule has 19 atom stereocenters. The Labute approximate surface area is 507 Å². The summed E-state index contributed by atoms with van der Waals surface area (Å²) in [6.07, 6.45) is 4.61. The highest BCUT2D eigenvalue weighted by Gasteiger charge is 2.53. The van der Waals surface area contributed by atoms with Crippen molar-refractivity contribution in [2.75, 3.05) is 27.7 Å². The Bertz CT molecular complexity index is 2510. The summed E-state index contributed by atoms with van der Waals surface area (Å²) in [6, 6.07) is 15.7. The molecule has 4 heterocycles. The molecule has 0 spiro atoms. The van der Waals surface area contributed by atoms with Crippen LogP contribution in [0.5, 0.6) is 0 Å². The van der Waals surface area contributed by atoms with Crippen LogP contribution in [-0.4, -0.2) is 175 Å². The average molecular weight is 1220 g/mol. The van der Waals surface area contributed by atoms with Crippen molar-refractivity contribution in [3.63, 3.8) is 0 Å². The number of hydrogen-bond donors (Lipinski definition) is 5. The van der Waals surface area contributed by atoms with Crippen molar-refractivity contribution in [1.29, 1.82) is 0 Å². The van der Waals surface area contributed by atoms with E-state index in [0.29, 0.717) is 12.8 Å². The summed E-state index contributed by atoms with van der Waals surface area (Å²) < 4.78 is 40.1. The van der Waals surface area contributed by atoms with Crippen LogP contribution < -0.4 is 10.6 Å². The van der Waals surface area contributed by atoms with Crippen LogP contribution in [-0.2, 0) is 51.5 Å². The second-order valence-corrected chi connectivity index (χ2v) is 28.4. The molecule has 0 radical (unpaired) electrons. The first kappa shape index (κ1) is 70.0. The number of nitrogens with zero attached hydrogens (tertiary/aromatic N) is 4. The summed E-state index contributed by atoms with van der Waals surface area (Å²) in [5.74, 6) is -3.30. The predicted octanol–water partition coefficient (Wildman–Crippen LogP) is 8.93. The van der Waals surface area contributed by atoms with E-state index >= 15 is 0 Å². The second kappa shape index (κ2) is 31.4. The number of halogens is 1. The van der Waals surface area contributed by atoms with Crippen LogP contribution >= 0.6 is 18.5 Å². The van der Waals surface area contributed by atoms with Gasteiger partial charge in [0.15, 0.2) is 12.6 Å². The monoisotopic (exact) mass is 1210 g/mol. The van der Waals surface area contributed by atoms with Gasteiger partial charge in [-0.2, -0.15) is 5.10 Å². The van der Waals surface area contributed by atoms with E-state index in [0.717, 1.165) is 74.2 Å². The standard InChI is InChI=1S/C65H104ClN4O13P/c1-15-53-65(10,77)58(73)45(6)70(54(71)31-27-22-20-18-16-17-19-21-24-28-48-35-47(49-38-67-69(13)40-49)32-33-52(48)84(66)50-29-25-23-26-30-50)39-41(2)36-63(8,76)60(83-62-56(72)51(68(11)12)34-42(3)79-62)43(4)57(44(5)61(75)81-53)82-55-37-64(9,78-14)59(74)46(7)80-55/h23,25-26,29-30,32-33,35,38,40-46,51,53,55-60,62,72-74,76-77H,15-22,24,27-28,31,34,36-37,39H2,1-14H3/t41-,42-,43+,44-,45-,46+,51+,53-,55+,56-,57+,58-,59+,60-,62+,63-,64-,65-,84?/m1/s1. The van der Waals surface area contributed by atoms with Gasteiger partial charge in [0, 0.05) is 57.3 Å². The molecule has 6 rings (SSSR count). The second-order valence-electron chi connectivity index (χ2n) is 25.8. The molecule has 84 heavy (non-hydrogen) atoms. The number of hydrogen-bond acceptors (Lipinski definition) is 15. The lowest BCUT2D eigenvalue weighted by Crippen LogP contribution is -2.60. The van der Waals surface area contributed by atoms with E-state index in [9.17, 15) is 35.1 Å². The Morgan fingerprint density at radius 3 is 2.11 bits per heavy atom. The topological polar surface area (TPSA) is 215 Å². The lowest BCUT2D eigenvalue weighted by Gasteiger charge is -2.48. The molecule has 3 aliphatic rings. The molecule has 17 nitrogen and oxygen atoms in total. The molecule has 3 saturated heterocycles. The van der Waals surface area contributed by atoms with E-state index < -0.39 is 109 Å². The summed E-state index contributed by atoms with van der Waals surface area (Å²) >= 11 is 7.18. The largest absolute Gasteiger partial charge is 0.459 e. The highest BCUT2D eigenvalue weighted by molar-refractivity contribution is 7.95. The Kier molecular flexibility index (Phi) is 26.1. The number of amides is 1. The van der Waals surface area contributed by atoms with Crippen LogP contribution in [0.3, 0.4) is 0 Å². The molecular weight excluding hydrogens is 1110 g/mol. The van der Waals surface area contributed by atoms with Gasteiger partial charge in [-0.05, 0) is 129 Å². The van der Waals surface area contributed by atoms with E-state index in [4.69, 9.17) is 39.7 Å². The van der Waals surface area contributed by atoms with Crippen LogP contribution in [0.25, 0.3) is 11.1 Å². The number of methoxy groups -OCH3 is 1. The zero-order valence-electron chi connectivity index (χ0n) is 52.9. The molecule has 3 fully saturated rings. The summed E-state index contributed by atoms with van der Waals surface area (Å²) in [7, 11) is 6.18. The van der Waals surface area contributed by atoms with Crippen molar-refractivity contribution in [1.82, 2.24) is 19.6 Å². The molecule has 3 aliphatic heterocycles. The highest BCUT2D eigenvalue weighted by Crippen LogP contribution is 2.43. The quantitative estimate of drug-likeness (QED) is 0.0361. The lowest BCUT2D eigenvalue weighted by atomic mass is 9.77. The maximum Gasteiger partial charge on any atom is 0.311 e. The number of benzene rings is 2. The number of likely N-dealkylation sites (N-methyl/N-ethyl adjacent to an activating group) is 1.